The van der Waals surface area contributed by atoms with E-state index >= 15 is 0 Å². The quantitative estimate of drug-likeness (QED) is 0.352. The smallest absolute Gasteiger partial charge is 0.319 e. The minimum absolute atomic E-state index is 0.370. The maximum atomic E-state index is 12.2. The molecule has 0 saturated heterocycles. The van der Waals surface area contributed by atoms with Crippen LogP contribution in [0.1, 0.15) is 0 Å². The van der Waals surface area contributed by atoms with E-state index in [-0.39, 0.29) is 6.03 Å². The molecule has 0 unspecified atom stereocenters. The van der Waals surface area contributed by atoms with Crippen molar-refractivity contribution >= 4 is 29.0 Å². The Balaban J connectivity index is 1.44. The van der Waals surface area contributed by atoms with Gasteiger partial charge in [0.1, 0.15) is 5.82 Å². The fraction of sp³-hybridized carbons (Fsp3) is 0.238. The molecule has 11 nitrogen and oxygen atoms in total. The largest absolute Gasteiger partial charge is 0.493 e. The normalized spacial score (nSPS) is 10.1. The number of hydrogen-bond donors (Lipinski definition) is 4. The lowest BCUT2D eigenvalue weighted by Crippen LogP contribution is -2.32. The van der Waals surface area contributed by atoms with E-state index in [0.29, 0.717) is 47.7 Å². The van der Waals surface area contributed by atoms with Gasteiger partial charge in [-0.05, 0) is 24.3 Å². The first kappa shape index (κ1) is 22.4. The van der Waals surface area contributed by atoms with Gasteiger partial charge in [-0.25, -0.2) is 4.79 Å². The predicted molar refractivity (Wildman–Crippen MR) is 121 cm³/mol. The van der Waals surface area contributed by atoms with Gasteiger partial charge in [-0.2, -0.15) is 0 Å². The monoisotopic (exact) mass is 439 g/mol. The van der Waals surface area contributed by atoms with Crippen molar-refractivity contribution in [2.45, 2.75) is 0 Å². The summed E-state index contributed by atoms with van der Waals surface area (Å²) in [6, 6.07) is 10.2. The summed E-state index contributed by atoms with van der Waals surface area (Å²) in [5, 5.41) is 19.9. The summed E-state index contributed by atoms with van der Waals surface area (Å²) in [6.07, 6.45) is 3.38. The number of carbonyl (C=O) groups excluding carboxylic acids is 1. The molecule has 2 amide bonds. The molecule has 0 aliphatic heterocycles. The Morgan fingerprint density at radius 3 is 2.09 bits per heavy atom. The van der Waals surface area contributed by atoms with Gasteiger partial charge in [0, 0.05) is 43.3 Å². The van der Waals surface area contributed by atoms with E-state index in [9.17, 15) is 4.79 Å². The highest BCUT2D eigenvalue weighted by Gasteiger charge is 2.14. The van der Waals surface area contributed by atoms with E-state index in [1.54, 1.807) is 36.7 Å². The molecule has 4 N–H and O–H groups in total. The number of carbonyl (C=O) groups is 1. The molecule has 0 spiro atoms. The van der Waals surface area contributed by atoms with Gasteiger partial charge in [-0.3, -0.25) is 4.98 Å². The summed E-state index contributed by atoms with van der Waals surface area (Å²) in [4.78, 5) is 16.2. The number of pyridine rings is 1. The Hall–Kier alpha value is -4.28. The van der Waals surface area contributed by atoms with Crippen LogP contribution in [0.2, 0.25) is 0 Å². The Morgan fingerprint density at radius 1 is 0.844 bits per heavy atom. The number of aromatic nitrogens is 3. The Kier molecular flexibility index (Phi) is 7.84. The number of hydrogen-bond acceptors (Lipinski definition) is 9. The van der Waals surface area contributed by atoms with Gasteiger partial charge in [0.15, 0.2) is 17.3 Å². The molecule has 0 radical (unpaired) electrons. The minimum atomic E-state index is -0.371. The SMILES string of the molecule is COc1cc(NC(=O)NCCNc2ccc(Nc3ccncc3)nn2)cc(OC)c1OC. The van der Waals surface area contributed by atoms with Crippen molar-refractivity contribution in [3.05, 3.63) is 48.8 Å². The Labute approximate surface area is 185 Å². The third kappa shape index (κ3) is 6.11. The second kappa shape index (κ2) is 11.2. The van der Waals surface area contributed by atoms with Crippen LogP contribution in [0.4, 0.5) is 27.8 Å². The van der Waals surface area contributed by atoms with E-state index in [4.69, 9.17) is 14.2 Å². The number of amides is 2. The van der Waals surface area contributed by atoms with Crippen LogP contribution in [0.15, 0.2) is 48.8 Å². The van der Waals surface area contributed by atoms with Gasteiger partial charge in [0.25, 0.3) is 0 Å². The summed E-state index contributed by atoms with van der Waals surface area (Å²) in [5.74, 6) is 2.56. The fourth-order valence-electron chi connectivity index (χ4n) is 2.77. The van der Waals surface area contributed by atoms with E-state index in [1.165, 1.54) is 21.3 Å². The number of nitrogens with zero attached hydrogens (tertiary/aromatic N) is 3. The van der Waals surface area contributed by atoms with Crippen LogP contribution < -0.4 is 35.5 Å². The zero-order chi connectivity index (χ0) is 22.8. The van der Waals surface area contributed by atoms with Crippen molar-refractivity contribution in [3.8, 4) is 17.2 Å². The molecule has 32 heavy (non-hydrogen) atoms. The third-order valence-corrected chi connectivity index (χ3v) is 4.26. The Bertz CT molecular complexity index is 991. The number of rotatable bonds is 10. The van der Waals surface area contributed by atoms with Gasteiger partial charge in [0.05, 0.1) is 27.0 Å². The van der Waals surface area contributed by atoms with Crippen molar-refractivity contribution in [2.75, 3.05) is 50.4 Å². The van der Waals surface area contributed by atoms with Gasteiger partial charge in [-0.15, -0.1) is 10.2 Å². The predicted octanol–water partition coefficient (Wildman–Crippen LogP) is 2.87. The first-order valence-corrected chi connectivity index (χ1v) is 9.72. The molecule has 1 aromatic carbocycles. The van der Waals surface area contributed by atoms with Crippen molar-refractivity contribution in [2.24, 2.45) is 0 Å². The molecule has 2 aromatic heterocycles. The molecule has 168 valence electrons. The average Bonchev–Trinajstić information content (AvgIpc) is 2.82. The second-order valence-electron chi connectivity index (χ2n) is 6.39. The lowest BCUT2D eigenvalue weighted by Gasteiger charge is -2.15. The molecule has 2 heterocycles. The lowest BCUT2D eigenvalue weighted by molar-refractivity contribution is 0.252. The summed E-state index contributed by atoms with van der Waals surface area (Å²) in [7, 11) is 4.54. The molecule has 0 atom stereocenters. The highest BCUT2D eigenvalue weighted by molar-refractivity contribution is 5.90. The molecule has 11 heteroatoms. The zero-order valence-electron chi connectivity index (χ0n) is 18.0. The van der Waals surface area contributed by atoms with Crippen LogP contribution in [-0.2, 0) is 0 Å². The van der Waals surface area contributed by atoms with Gasteiger partial charge in [0.2, 0.25) is 5.75 Å². The zero-order valence-corrected chi connectivity index (χ0v) is 18.0. The maximum absolute atomic E-state index is 12.2. The number of benzene rings is 1. The first-order valence-electron chi connectivity index (χ1n) is 9.72. The first-order chi connectivity index (χ1) is 15.6. The van der Waals surface area contributed by atoms with E-state index in [1.807, 2.05) is 12.1 Å². The highest BCUT2D eigenvalue weighted by atomic mass is 16.5. The summed E-state index contributed by atoms with van der Waals surface area (Å²) >= 11 is 0. The maximum Gasteiger partial charge on any atom is 0.319 e. The van der Waals surface area contributed by atoms with Gasteiger partial charge >= 0.3 is 6.03 Å². The van der Waals surface area contributed by atoms with Crippen LogP contribution in [-0.4, -0.2) is 55.6 Å². The average molecular weight is 439 g/mol. The molecule has 3 aromatic rings. The molecule has 3 rings (SSSR count). The van der Waals surface area contributed by atoms with Crippen LogP contribution in [0, 0.1) is 0 Å². The molecule has 0 bridgehead atoms. The van der Waals surface area contributed by atoms with Crippen LogP contribution in [0.25, 0.3) is 0 Å². The molecule has 0 aliphatic carbocycles. The summed E-state index contributed by atoms with van der Waals surface area (Å²) in [5.41, 5.74) is 1.38. The molecule has 0 saturated carbocycles. The molecule has 0 fully saturated rings. The van der Waals surface area contributed by atoms with Crippen LogP contribution in [0.5, 0.6) is 17.2 Å². The van der Waals surface area contributed by atoms with E-state index in [0.717, 1.165) is 5.69 Å². The summed E-state index contributed by atoms with van der Waals surface area (Å²) in [6.45, 7) is 0.837. The third-order valence-electron chi connectivity index (χ3n) is 4.26. The number of urea groups is 1. The second-order valence-corrected chi connectivity index (χ2v) is 6.39. The van der Waals surface area contributed by atoms with Crippen molar-refractivity contribution in [1.29, 1.82) is 0 Å². The molecule has 0 aliphatic rings. The lowest BCUT2D eigenvalue weighted by atomic mass is 10.2. The standard InChI is InChI=1S/C21H25N7O4/c1-30-16-12-15(13-17(31-2)20(16)32-3)26-21(29)24-11-10-23-18-4-5-19(28-27-18)25-14-6-8-22-9-7-14/h4-9,12-13H,10-11H2,1-3H3,(H,23,27)(H,22,25,28)(H2,24,26,29). The van der Waals surface area contributed by atoms with Crippen molar-refractivity contribution in [3.63, 3.8) is 0 Å². The topological polar surface area (TPSA) is 132 Å². The molecular weight excluding hydrogens is 414 g/mol. The summed E-state index contributed by atoms with van der Waals surface area (Å²) < 4.78 is 15.8. The van der Waals surface area contributed by atoms with Crippen molar-refractivity contribution in [1.82, 2.24) is 20.5 Å². The molecular formula is C21H25N7O4. The van der Waals surface area contributed by atoms with Crippen LogP contribution in [0.3, 0.4) is 0 Å². The minimum Gasteiger partial charge on any atom is -0.493 e. The highest BCUT2D eigenvalue weighted by Crippen LogP contribution is 2.39. The van der Waals surface area contributed by atoms with E-state index < -0.39 is 0 Å². The number of nitrogens with one attached hydrogen (secondary N) is 4. The number of ether oxygens (including phenoxy) is 3. The van der Waals surface area contributed by atoms with Crippen LogP contribution >= 0.6 is 0 Å². The Morgan fingerprint density at radius 2 is 1.50 bits per heavy atom. The number of anilines is 4. The van der Waals surface area contributed by atoms with Gasteiger partial charge in [-0.1, -0.05) is 0 Å². The van der Waals surface area contributed by atoms with Crippen molar-refractivity contribution < 1.29 is 19.0 Å². The number of methoxy groups -OCH3 is 3. The van der Waals surface area contributed by atoms with E-state index in [2.05, 4.69) is 36.4 Å². The van der Waals surface area contributed by atoms with Gasteiger partial charge < -0.3 is 35.5 Å². The fourth-order valence-corrected chi connectivity index (χ4v) is 2.77.